The first kappa shape index (κ1) is 18.6. The number of urea groups is 1. The fourth-order valence-electron chi connectivity index (χ4n) is 4.35. The summed E-state index contributed by atoms with van der Waals surface area (Å²) in [5, 5.41) is 16.2. The van der Waals surface area contributed by atoms with Gasteiger partial charge in [0.1, 0.15) is 11.5 Å². The minimum Gasteiger partial charge on any atom is -0.475 e. The highest BCUT2D eigenvalue weighted by molar-refractivity contribution is 7.91. The van der Waals surface area contributed by atoms with Gasteiger partial charge in [-0.1, -0.05) is 6.07 Å². The number of carbonyl (C=O) groups excluding carboxylic acids is 1. The third-order valence-electron chi connectivity index (χ3n) is 5.99. The highest BCUT2D eigenvalue weighted by Gasteiger charge is 2.29. The standard InChI is InChI=1S/C19H24N6O3S/c1-21-13-9-25-18(28-10-13)16(8-22-25)29(20,27)24-19(26)23-17-14-4-2-3-11(14)7-12-5-6-15(12)17/h7-8,13,21H,2-6,9-10H2,1H3,(H3,20,23,24,26,27)/t13-,29?/m0/s1. The quantitative estimate of drug-likeness (QED) is 0.697. The molecular formula is C19H24N6O3S. The molecule has 3 aliphatic rings. The number of ether oxygens (including phenoxy) is 1. The maximum Gasteiger partial charge on any atom is 0.354 e. The Balaban J connectivity index is 1.44. The van der Waals surface area contributed by atoms with Crippen LogP contribution < -0.4 is 20.5 Å². The van der Waals surface area contributed by atoms with Crippen LogP contribution in [0.2, 0.25) is 0 Å². The first-order chi connectivity index (χ1) is 14.0. The van der Waals surface area contributed by atoms with E-state index in [4.69, 9.17) is 9.88 Å². The zero-order valence-corrected chi connectivity index (χ0v) is 17.1. The van der Waals surface area contributed by atoms with Crippen molar-refractivity contribution in [2.24, 2.45) is 9.50 Å². The van der Waals surface area contributed by atoms with Gasteiger partial charge in [-0.3, -0.25) is 0 Å². The Morgan fingerprint density at radius 1 is 1.31 bits per heavy atom. The molecule has 1 unspecified atom stereocenters. The van der Waals surface area contributed by atoms with Gasteiger partial charge in [0.25, 0.3) is 0 Å². The smallest absolute Gasteiger partial charge is 0.354 e. The van der Waals surface area contributed by atoms with E-state index in [1.807, 2.05) is 7.05 Å². The minimum absolute atomic E-state index is 0.0997. The number of fused-ring (bicyclic) bond motifs is 3. The van der Waals surface area contributed by atoms with Gasteiger partial charge in [-0.25, -0.2) is 18.8 Å². The van der Waals surface area contributed by atoms with E-state index in [1.165, 1.54) is 28.5 Å². The first-order valence-corrected chi connectivity index (χ1v) is 11.4. The number of aryl methyl sites for hydroxylation is 2. The second-order valence-corrected chi connectivity index (χ2v) is 9.52. The van der Waals surface area contributed by atoms with E-state index < -0.39 is 15.9 Å². The highest BCUT2D eigenvalue weighted by atomic mass is 32.2. The van der Waals surface area contributed by atoms with Crippen molar-refractivity contribution in [2.75, 3.05) is 19.0 Å². The number of hydrogen-bond donors (Lipinski definition) is 3. The van der Waals surface area contributed by atoms with Crippen molar-refractivity contribution in [2.45, 2.75) is 49.6 Å². The molecule has 0 fully saturated rings. The number of benzene rings is 1. The van der Waals surface area contributed by atoms with Gasteiger partial charge >= 0.3 is 6.03 Å². The lowest BCUT2D eigenvalue weighted by molar-refractivity contribution is 0.184. The van der Waals surface area contributed by atoms with Crippen LogP contribution in [0.25, 0.3) is 0 Å². The number of rotatable bonds is 3. The average Bonchev–Trinajstić information content (AvgIpc) is 3.30. The highest BCUT2D eigenvalue weighted by Crippen LogP contribution is 2.39. The lowest BCUT2D eigenvalue weighted by Crippen LogP contribution is -2.40. The van der Waals surface area contributed by atoms with Gasteiger partial charge in [0.15, 0.2) is 9.92 Å². The zero-order chi connectivity index (χ0) is 20.2. The van der Waals surface area contributed by atoms with Crippen LogP contribution in [0.3, 0.4) is 0 Å². The maximum atomic E-state index is 13.1. The van der Waals surface area contributed by atoms with Crippen LogP contribution in [-0.4, -0.2) is 39.7 Å². The SMILES string of the molecule is CN[C@@H]1COc2c(S(N)(=O)=NC(=O)Nc3c4c(cc5c3CC5)CCC4)cnn2C1. The van der Waals surface area contributed by atoms with Crippen LogP contribution in [0.4, 0.5) is 10.5 Å². The lowest BCUT2D eigenvalue weighted by Gasteiger charge is -2.25. The summed E-state index contributed by atoms with van der Waals surface area (Å²) < 4.78 is 24.2. The summed E-state index contributed by atoms with van der Waals surface area (Å²) in [6.45, 7) is 0.967. The topological polar surface area (TPSA) is 124 Å². The first-order valence-electron chi connectivity index (χ1n) is 9.84. The molecule has 5 rings (SSSR count). The van der Waals surface area contributed by atoms with Gasteiger partial charge in [0.2, 0.25) is 5.88 Å². The number of amides is 2. The van der Waals surface area contributed by atoms with Gasteiger partial charge in [-0.15, -0.1) is 4.36 Å². The number of carbonyl (C=O) groups is 1. The summed E-state index contributed by atoms with van der Waals surface area (Å²) in [4.78, 5) is 12.8. The van der Waals surface area contributed by atoms with E-state index >= 15 is 0 Å². The van der Waals surface area contributed by atoms with E-state index in [2.05, 4.69) is 26.2 Å². The fourth-order valence-corrected chi connectivity index (χ4v) is 5.35. The van der Waals surface area contributed by atoms with Crippen LogP contribution in [0.15, 0.2) is 21.5 Å². The Hall–Kier alpha value is -2.43. The third-order valence-corrected chi connectivity index (χ3v) is 7.34. The van der Waals surface area contributed by atoms with Gasteiger partial charge < -0.3 is 15.4 Å². The largest absolute Gasteiger partial charge is 0.475 e. The van der Waals surface area contributed by atoms with Crippen LogP contribution >= 0.6 is 0 Å². The molecule has 1 aromatic heterocycles. The van der Waals surface area contributed by atoms with Gasteiger partial charge in [0, 0.05) is 5.69 Å². The second-order valence-electron chi connectivity index (χ2n) is 7.76. The molecule has 2 aromatic rings. The van der Waals surface area contributed by atoms with Gasteiger partial charge in [-0.05, 0) is 61.4 Å². The van der Waals surface area contributed by atoms with Crippen LogP contribution in [0.1, 0.15) is 28.7 Å². The number of aromatic nitrogens is 2. The monoisotopic (exact) mass is 416 g/mol. The summed E-state index contributed by atoms with van der Waals surface area (Å²) >= 11 is 0. The molecule has 154 valence electrons. The fraction of sp³-hybridized carbons (Fsp3) is 0.474. The normalized spacial score (nSPS) is 21.1. The van der Waals surface area contributed by atoms with E-state index in [0.717, 1.165) is 37.8 Å². The third kappa shape index (κ3) is 3.11. The maximum absolute atomic E-state index is 13.1. The molecular weight excluding hydrogens is 392 g/mol. The summed E-state index contributed by atoms with van der Waals surface area (Å²) in [6.07, 6.45) is 6.40. The summed E-state index contributed by atoms with van der Waals surface area (Å²) in [7, 11) is -1.65. The molecule has 2 atom stereocenters. The Morgan fingerprint density at radius 2 is 2.10 bits per heavy atom. The molecule has 4 N–H and O–H groups in total. The lowest BCUT2D eigenvalue weighted by atomic mass is 9.83. The van der Waals surface area contributed by atoms with Crippen LogP contribution in [-0.2, 0) is 42.1 Å². The zero-order valence-electron chi connectivity index (χ0n) is 16.2. The molecule has 10 heteroatoms. The molecule has 0 bridgehead atoms. The number of nitrogens with two attached hydrogens (primary N) is 1. The van der Waals surface area contributed by atoms with E-state index in [1.54, 1.807) is 4.68 Å². The van der Waals surface area contributed by atoms with Crippen molar-refractivity contribution in [3.05, 3.63) is 34.5 Å². The number of nitrogens with zero attached hydrogens (tertiary/aromatic N) is 3. The predicted molar refractivity (Wildman–Crippen MR) is 108 cm³/mol. The minimum atomic E-state index is -3.49. The van der Waals surface area contributed by atoms with Crippen LogP contribution in [0.5, 0.6) is 5.88 Å². The predicted octanol–water partition coefficient (Wildman–Crippen LogP) is 1.38. The summed E-state index contributed by atoms with van der Waals surface area (Å²) in [5.41, 5.74) is 5.77. The average molecular weight is 417 g/mol. The van der Waals surface area contributed by atoms with Gasteiger partial charge in [-0.2, -0.15) is 5.10 Å². The summed E-state index contributed by atoms with van der Waals surface area (Å²) in [5.74, 6) is 0.310. The molecule has 29 heavy (non-hydrogen) atoms. The molecule has 1 aliphatic heterocycles. The van der Waals surface area contributed by atoms with Crippen LogP contribution in [0, 0.1) is 0 Å². The van der Waals surface area contributed by atoms with Crippen molar-refractivity contribution >= 4 is 21.6 Å². The Bertz CT molecular complexity index is 1130. The van der Waals surface area contributed by atoms with E-state index in [9.17, 15) is 9.00 Å². The molecule has 0 radical (unpaired) electrons. The number of anilines is 1. The molecule has 2 amide bonds. The second kappa shape index (κ2) is 6.82. The van der Waals surface area contributed by atoms with Crippen molar-refractivity contribution in [1.29, 1.82) is 0 Å². The Labute approximate surface area is 169 Å². The summed E-state index contributed by atoms with van der Waals surface area (Å²) in [6, 6.07) is 1.66. The Kier molecular flexibility index (Phi) is 4.37. The molecule has 0 saturated heterocycles. The van der Waals surface area contributed by atoms with Crippen molar-refractivity contribution in [3.8, 4) is 5.88 Å². The van der Waals surface area contributed by atoms with Crippen molar-refractivity contribution in [1.82, 2.24) is 15.1 Å². The molecule has 9 nitrogen and oxygen atoms in total. The molecule has 2 aliphatic carbocycles. The number of nitrogens with one attached hydrogen (secondary N) is 2. The number of hydrogen-bond acceptors (Lipinski definition) is 5. The van der Waals surface area contributed by atoms with E-state index in [0.29, 0.717) is 19.0 Å². The molecule has 2 heterocycles. The van der Waals surface area contributed by atoms with Crippen molar-refractivity contribution in [3.63, 3.8) is 0 Å². The van der Waals surface area contributed by atoms with E-state index in [-0.39, 0.29) is 10.9 Å². The Morgan fingerprint density at radius 3 is 2.86 bits per heavy atom. The molecule has 1 aromatic carbocycles. The van der Waals surface area contributed by atoms with Gasteiger partial charge in [0.05, 0.1) is 18.8 Å². The molecule has 0 saturated carbocycles. The number of likely N-dealkylation sites (N-methyl/N-ethyl adjacent to an activating group) is 1. The van der Waals surface area contributed by atoms with Crippen molar-refractivity contribution < 1.29 is 13.7 Å². The molecule has 0 spiro atoms.